The van der Waals surface area contributed by atoms with Crippen LogP contribution in [0.2, 0.25) is 0 Å². The SMILES string of the molecule is CC(C)NC(=O)O[C@H]1CC[C@@H](c2cc(Nc3ccc4c(c3F)CSC4)n[nH]2)C1. The first-order valence-corrected chi connectivity index (χ1v) is 10.8. The molecule has 1 aliphatic carbocycles. The molecule has 2 aromatic rings. The molecule has 0 bridgehead atoms. The molecular weight excluding hydrogens is 379 g/mol. The van der Waals surface area contributed by atoms with E-state index in [2.05, 4.69) is 20.8 Å². The second-order valence-electron chi connectivity index (χ2n) is 7.73. The average molecular weight is 405 g/mol. The fraction of sp³-hybridized carbons (Fsp3) is 0.500. The standard InChI is InChI=1S/C20H25FN4O2S/c1-11(2)22-20(26)27-14-5-3-12(7-14)17-8-18(25-24-17)23-16-6-4-13-9-28-10-15(13)19(16)21/h4,6,8,11-12,14H,3,5,7,9-10H2,1-2H3,(H,22,26)(H2,23,24,25)/t12-,14+/m1/s1. The predicted octanol–water partition coefficient (Wildman–Crippen LogP) is 4.81. The minimum absolute atomic E-state index is 0.0594. The smallest absolute Gasteiger partial charge is 0.407 e. The minimum atomic E-state index is -0.363. The Labute approximate surface area is 168 Å². The molecule has 4 rings (SSSR count). The number of carbonyl (C=O) groups is 1. The van der Waals surface area contributed by atoms with Gasteiger partial charge in [0, 0.05) is 40.8 Å². The van der Waals surface area contributed by atoms with Gasteiger partial charge in [-0.25, -0.2) is 9.18 Å². The molecule has 1 aliphatic heterocycles. The number of nitrogens with zero attached hydrogens (tertiary/aromatic N) is 1. The number of rotatable bonds is 5. The van der Waals surface area contributed by atoms with E-state index in [1.807, 2.05) is 26.0 Å². The highest BCUT2D eigenvalue weighted by Crippen LogP contribution is 2.37. The van der Waals surface area contributed by atoms with Crippen molar-refractivity contribution in [3.63, 3.8) is 0 Å². The summed E-state index contributed by atoms with van der Waals surface area (Å²) in [7, 11) is 0. The van der Waals surface area contributed by atoms with E-state index in [4.69, 9.17) is 4.74 Å². The second-order valence-corrected chi connectivity index (χ2v) is 8.71. The van der Waals surface area contributed by atoms with Crippen molar-refractivity contribution in [2.24, 2.45) is 0 Å². The summed E-state index contributed by atoms with van der Waals surface area (Å²) < 4.78 is 20.1. The number of ether oxygens (including phenoxy) is 1. The monoisotopic (exact) mass is 404 g/mol. The van der Waals surface area contributed by atoms with Crippen molar-refractivity contribution < 1.29 is 13.9 Å². The number of anilines is 2. The molecule has 3 N–H and O–H groups in total. The fourth-order valence-electron chi connectivity index (χ4n) is 3.81. The lowest BCUT2D eigenvalue weighted by molar-refractivity contribution is 0.0981. The summed E-state index contributed by atoms with van der Waals surface area (Å²) in [5.41, 5.74) is 3.31. The summed E-state index contributed by atoms with van der Waals surface area (Å²) in [5.74, 6) is 2.26. The van der Waals surface area contributed by atoms with Gasteiger partial charge in [-0.3, -0.25) is 5.10 Å². The van der Waals surface area contributed by atoms with E-state index in [1.54, 1.807) is 17.8 Å². The number of aromatic amines is 1. The molecular formula is C20H25FN4O2S. The van der Waals surface area contributed by atoms with Crippen LogP contribution in [-0.4, -0.2) is 28.4 Å². The lowest BCUT2D eigenvalue weighted by Gasteiger charge is -2.14. The van der Waals surface area contributed by atoms with E-state index in [0.29, 0.717) is 11.5 Å². The molecule has 150 valence electrons. The van der Waals surface area contributed by atoms with E-state index in [-0.39, 0.29) is 30.0 Å². The summed E-state index contributed by atoms with van der Waals surface area (Å²) in [5, 5.41) is 13.2. The van der Waals surface area contributed by atoms with Gasteiger partial charge in [0.05, 0.1) is 5.69 Å². The molecule has 1 aromatic heterocycles. The van der Waals surface area contributed by atoms with E-state index in [1.165, 1.54) is 0 Å². The third kappa shape index (κ3) is 4.11. The first kappa shape index (κ1) is 19.1. The maximum Gasteiger partial charge on any atom is 0.407 e. The lowest BCUT2D eigenvalue weighted by atomic mass is 10.0. The number of nitrogens with one attached hydrogen (secondary N) is 3. The van der Waals surface area contributed by atoms with Crippen LogP contribution < -0.4 is 10.6 Å². The number of halogens is 1. The van der Waals surface area contributed by atoms with Gasteiger partial charge in [-0.05, 0) is 44.7 Å². The topological polar surface area (TPSA) is 79.0 Å². The molecule has 0 unspecified atom stereocenters. The lowest BCUT2D eigenvalue weighted by Crippen LogP contribution is -2.33. The van der Waals surface area contributed by atoms with Crippen LogP contribution in [-0.2, 0) is 16.2 Å². The van der Waals surface area contributed by atoms with Crippen LogP contribution in [0.5, 0.6) is 0 Å². The van der Waals surface area contributed by atoms with Gasteiger partial charge in [-0.2, -0.15) is 16.9 Å². The summed E-state index contributed by atoms with van der Waals surface area (Å²) >= 11 is 1.73. The Bertz CT molecular complexity index is 870. The molecule has 2 heterocycles. The van der Waals surface area contributed by atoms with Crippen LogP contribution >= 0.6 is 11.8 Å². The van der Waals surface area contributed by atoms with E-state index in [0.717, 1.165) is 47.6 Å². The van der Waals surface area contributed by atoms with E-state index >= 15 is 0 Å². The van der Waals surface area contributed by atoms with Crippen molar-refractivity contribution in [1.82, 2.24) is 15.5 Å². The summed E-state index contributed by atoms with van der Waals surface area (Å²) in [6, 6.07) is 5.74. The van der Waals surface area contributed by atoms with Crippen LogP contribution in [0.4, 0.5) is 20.7 Å². The van der Waals surface area contributed by atoms with E-state index < -0.39 is 0 Å². The predicted molar refractivity (Wildman–Crippen MR) is 108 cm³/mol. The number of thioether (sulfide) groups is 1. The number of H-pyrrole nitrogens is 1. The first-order chi connectivity index (χ1) is 13.5. The highest BCUT2D eigenvalue weighted by Gasteiger charge is 2.30. The van der Waals surface area contributed by atoms with Crippen molar-refractivity contribution in [3.05, 3.63) is 40.8 Å². The summed E-state index contributed by atoms with van der Waals surface area (Å²) in [6.07, 6.45) is 2.06. The van der Waals surface area contributed by atoms with Crippen LogP contribution in [0.1, 0.15) is 55.8 Å². The molecule has 0 radical (unpaired) electrons. The van der Waals surface area contributed by atoms with Crippen LogP contribution in [0.15, 0.2) is 18.2 Å². The average Bonchev–Trinajstić information content (AvgIpc) is 3.37. The minimum Gasteiger partial charge on any atom is -0.446 e. The molecule has 1 saturated carbocycles. The van der Waals surface area contributed by atoms with Crippen molar-refractivity contribution in [1.29, 1.82) is 0 Å². The second kappa shape index (κ2) is 8.03. The van der Waals surface area contributed by atoms with Crippen LogP contribution in [0.3, 0.4) is 0 Å². The number of carbonyl (C=O) groups excluding carboxylic acids is 1. The number of alkyl carbamates (subject to hydrolysis) is 1. The quantitative estimate of drug-likeness (QED) is 0.666. The Morgan fingerprint density at radius 3 is 3.04 bits per heavy atom. The Kier molecular flexibility index (Phi) is 5.48. The number of hydrogen-bond acceptors (Lipinski definition) is 5. The van der Waals surface area contributed by atoms with Crippen molar-refractivity contribution >= 4 is 29.4 Å². The van der Waals surface area contributed by atoms with Gasteiger partial charge in [0.1, 0.15) is 6.10 Å². The van der Waals surface area contributed by atoms with E-state index in [9.17, 15) is 9.18 Å². The molecule has 0 saturated heterocycles. The van der Waals surface area contributed by atoms with Crippen molar-refractivity contribution in [3.8, 4) is 0 Å². The molecule has 1 aromatic carbocycles. The molecule has 1 fully saturated rings. The number of amides is 1. The Hall–Kier alpha value is -2.22. The third-order valence-electron chi connectivity index (χ3n) is 5.21. The number of hydrogen-bond donors (Lipinski definition) is 3. The van der Waals surface area contributed by atoms with Gasteiger partial charge in [0.25, 0.3) is 0 Å². The first-order valence-electron chi connectivity index (χ1n) is 9.67. The Balaban J connectivity index is 1.37. The molecule has 2 atom stereocenters. The summed E-state index contributed by atoms with van der Waals surface area (Å²) in [4.78, 5) is 11.8. The largest absolute Gasteiger partial charge is 0.446 e. The van der Waals surface area contributed by atoms with Gasteiger partial charge in [-0.15, -0.1) is 0 Å². The van der Waals surface area contributed by atoms with Gasteiger partial charge < -0.3 is 15.4 Å². The van der Waals surface area contributed by atoms with Gasteiger partial charge in [0.15, 0.2) is 11.6 Å². The summed E-state index contributed by atoms with van der Waals surface area (Å²) in [6.45, 7) is 3.81. The highest BCUT2D eigenvalue weighted by atomic mass is 32.2. The number of aromatic nitrogens is 2. The molecule has 8 heteroatoms. The molecule has 28 heavy (non-hydrogen) atoms. The van der Waals surface area contributed by atoms with Gasteiger partial charge >= 0.3 is 6.09 Å². The number of benzene rings is 1. The zero-order chi connectivity index (χ0) is 19.7. The fourth-order valence-corrected chi connectivity index (χ4v) is 4.92. The Morgan fingerprint density at radius 1 is 1.36 bits per heavy atom. The maximum absolute atomic E-state index is 14.7. The van der Waals surface area contributed by atoms with Crippen molar-refractivity contribution in [2.45, 2.75) is 62.7 Å². The van der Waals surface area contributed by atoms with Crippen LogP contribution in [0.25, 0.3) is 0 Å². The highest BCUT2D eigenvalue weighted by molar-refractivity contribution is 7.98. The van der Waals surface area contributed by atoms with Crippen molar-refractivity contribution in [2.75, 3.05) is 5.32 Å². The molecule has 6 nitrogen and oxygen atoms in total. The van der Waals surface area contributed by atoms with Gasteiger partial charge in [0.2, 0.25) is 0 Å². The number of fused-ring (bicyclic) bond motifs is 1. The maximum atomic E-state index is 14.7. The van der Waals surface area contributed by atoms with Gasteiger partial charge in [-0.1, -0.05) is 6.07 Å². The zero-order valence-corrected chi connectivity index (χ0v) is 16.9. The molecule has 1 amide bonds. The normalized spacial score (nSPS) is 21.0. The molecule has 0 spiro atoms. The van der Waals surface area contributed by atoms with Crippen LogP contribution in [0, 0.1) is 5.82 Å². The third-order valence-corrected chi connectivity index (χ3v) is 6.22. The Morgan fingerprint density at radius 2 is 2.21 bits per heavy atom. The molecule has 2 aliphatic rings. The zero-order valence-electron chi connectivity index (χ0n) is 16.0.